The first-order valence-electron chi connectivity index (χ1n) is 15.2. The maximum Gasteiger partial charge on any atom is 0.251 e. The highest BCUT2D eigenvalue weighted by molar-refractivity contribution is 6.22. The van der Waals surface area contributed by atoms with Crippen LogP contribution in [0.1, 0.15) is 72.1 Å². The summed E-state index contributed by atoms with van der Waals surface area (Å²) in [6.07, 6.45) is 31.4. The van der Waals surface area contributed by atoms with Gasteiger partial charge in [0.15, 0.2) is 5.84 Å². The highest BCUT2D eigenvalue weighted by Crippen LogP contribution is 2.09. The quantitative estimate of drug-likeness (QED) is 0.164. The van der Waals surface area contributed by atoms with Crippen LogP contribution in [0.5, 0.6) is 0 Å². The van der Waals surface area contributed by atoms with Gasteiger partial charge in [0, 0.05) is 6.42 Å². The fourth-order valence-corrected chi connectivity index (χ4v) is 4.06. The van der Waals surface area contributed by atoms with Crippen molar-refractivity contribution >= 4 is 29.5 Å². The number of carbonyl (C=O) groups excluding carboxylic acids is 3. The number of hydrogen-bond acceptors (Lipinski definition) is 7. The lowest BCUT2D eigenvalue weighted by molar-refractivity contribution is -0.127. The second-order valence-electron chi connectivity index (χ2n) is 10.3. The van der Waals surface area contributed by atoms with Crippen LogP contribution in [-0.2, 0) is 14.4 Å². The normalized spacial score (nSPS) is 20.6. The van der Waals surface area contributed by atoms with E-state index in [1.165, 1.54) is 0 Å². The third-order valence-electron chi connectivity index (χ3n) is 6.55. The van der Waals surface area contributed by atoms with Crippen LogP contribution in [0.3, 0.4) is 0 Å². The molecule has 2 heterocycles. The molecule has 0 aromatic rings. The van der Waals surface area contributed by atoms with Gasteiger partial charge < -0.3 is 10.4 Å². The number of fused-ring (bicyclic) bond motifs is 1. The number of aliphatic imine (C=N–C) groups is 2. The minimum absolute atomic E-state index is 0.0404. The summed E-state index contributed by atoms with van der Waals surface area (Å²) in [5.74, 6) is -0.985. The number of nitrogens with one attached hydrogen (secondary N) is 4. The van der Waals surface area contributed by atoms with Crippen LogP contribution in [0.25, 0.3) is 0 Å². The van der Waals surface area contributed by atoms with E-state index in [9.17, 15) is 19.5 Å². The van der Waals surface area contributed by atoms with Crippen LogP contribution in [0.15, 0.2) is 82.9 Å². The predicted octanol–water partition coefficient (Wildman–Crippen LogP) is 3.69. The van der Waals surface area contributed by atoms with Gasteiger partial charge >= 0.3 is 0 Å². The molecule has 0 bridgehead atoms. The van der Waals surface area contributed by atoms with Crippen LogP contribution < -0.4 is 21.3 Å². The van der Waals surface area contributed by atoms with Crippen LogP contribution in [0.4, 0.5) is 0 Å². The average Bonchev–Trinajstić information content (AvgIpc) is 2.98. The Hall–Kier alpha value is -3.89. The molecule has 5 N–H and O–H groups in total. The van der Waals surface area contributed by atoms with Gasteiger partial charge in [-0.05, 0) is 58.8 Å². The van der Waals surface area contributed by atoms with E-state index in [0.717, 1.165) is 38.5 Å². The molecule has 43 heavy (non-hydrogen) atoms. The summed E-state index contributed by atoms with van der Waals surface area (Å²) < 4.78 is 0. The number of amides is 3. The van der Waals surface area contributed by atoms with Crippen LogP contribution in [0, 0.1) is 0 Å². The SMILES string of the molecule is CC/C=C\C/C=C\C/C=C\C/C=C\C/C=C\C/C=C\CCC(=O)NC(C)C(=O)NC1=NC2=NCC(C(C)O)NC2C(=O)N1. The van der Waals surface area contributed by atoms with Crippen molar-refractivity contribution in [2.24, 2.45) is 9.98 Å². The number of allylic oxidation sites excluding steroid dienone is 12. The van der Waals surface area contributed by atoms with Crippen LogP contribution in [-0.4, -0.2) is 65.4 Å². The van der Waals surface area contributed by atoms with Gasteiger partial charge in [-0.2, -0.15) is 4.99 Å². The molecule has 0 spiro atoms. The summed E-state index contributed by atoms with van der Waals surface area (Å²) >= 11 is 0. The van der Waals surface area contributed by atoms with Crippen molar-refractivity contribution in [1.29, 1.82) is 0 Å². The smallest absolute Gasteiger partial charge is 0.251 e. The fraction of sp³-hybridized carbons (Fsp3) is 0.485. The van der Waals surface area contributed by atoms with Crippen LogP contribution in [0.2, 0.25) is 0 Å². The molecule has 10 nitrogen and oxygen atoms in total. The topological polar surface area (TPSA) is 144 Å². The maximum atomic E-state index is 12.5. The molecule has 0 aliphatic carbocycles. The van der Waals surface area contributed by atoms with Gasteiger partial charge in [0.05, 0.1) is 18.7 Å². The molecule has 3 amide bonds. The maximum absolute atomic E-state index is 12.5. The first kappa shape index (κ1) is 35.3. The minimum Gasteiger partial charge on any atom is -0.392 e. The van der Waals surface area contributed by atoms with E-state index in [1.54, 1.807) is 13.8 Å². The molecule has 0 fully saturated rings. The van der Waals surface area contributed by atoms with Gasteiger partial charge in [-0.1, -0.05) is 79.8 Å². The monoisotopic (exact) mass is 592 g/mol. The second-order valence-corrected chi connectivity index (χ2v) is 10.3. The van der Waals surface area contributed by atoms with Gasteiger partial charge in [-0.25, -0.2) is 0 Å². The summed E-state index contributed by atoms with van der Waals surface area (Å²) in [7, 11) is 0. The summed E-state index contributed by atoms with van der Waals surface area (Å²) in [5, 5.41) is 20.4. The van der Waals surface area contributed by atoms with E-state index in [1.807, 2.05) is 12.2 Å². The van der Waals surface area contributed by atoms with Crippen molar-refractivity contribution in [3.63, 3.8) is 0 Å². The Bertz CT molecular complexity index is 1150. The van der Waals surface area contributed by atoms with Crippen molar-refractivity contribution in [2.75, 3.05) is 6.54 Å². The lowest BCUT2D eigenvalue weighted by Gasteiger charge is -2.32. The number of aliphatic hydroxyl groups is 1. The molecule has 0 saturated carbocycles. The lowest BCUT2D eigenvalue weighted by Crippen LogP contribution is -2.64. The molecule has 2 aliphatic heterocycles. The molecule has 0 aromatic carbocycles. The van der Waals surface area contributed by atoms with E-state index in [4.69, 9.17) is 0 Å². The van der Waals surface area contributed by atoms with Crippen molar-refractivity contribution in [3.05, 3.63) is 72.9 Å². The van der Waals surface area contributed by atoms with E-state index >= 15 is 0 Å². The summed E-state index contributed by atoms with van der Waals surface area (Å²) in [6, 6.07) is -1.96. The Labute approximate surface area is 256 Å². The predicted molar refractivity (Wildman–Crippen MR) is 173 cm³/mol. The Morgan fingerprint density at radius 3 is 1.98 bits per heavy atom. The first-order valence-corrected chi connectivity index (χ1v) is 15.2. The van der Waals surface area contributed by atoms with Gasteiger partial charge in [-0.3, -0.25) is 35.3 Å². The van der Waals surface area contributed by atoms with E-state index in [2.05, 4.69) is 98.9 Å². The molecule has 4 atom stereocenters. The zero-order valence-corrected chi connectivity index (χ0v) is 25.7. The fourth-order valence-electron chi connectivity index (χ4n) is 4.06. The molecule has 0 aromatic heterocycles. The molecular formula is C33H48N6O4. The molecule has 4 unspecified atom stereocenters. The van der Waals surface area contributed by atoms with Gasteiger partial charge in [0.25, 0.3) is 5.91 Å². The van der Waals surface area contributed by atoms with Gasteiger partial charge in [0.2, 0.25) is 17.8 Å². The van der Waals surface area contributed by atoms with E-state index in [0.29, 0.717) is 6.42 Å². The van der Waals surface area contributed by atoms with Gasteiger partial charge in [0.1, 0.15) is 12.1 Å². The van der Waals surface area contributed by atoms with E-state index in [-0.39, 0.29) is 36.7 Å². The van der Waals surface area contributed by atoms with Crippen LogP contribution >= 0.6 is 0 Å². The van der Waals surface area contributed by atoms with Crippen molar-refractivity contribution in [2.45, 2.75) is 96.4 Å². The molecule has 0 radical (unpaired) electrons. The Morgan fingerprint density at radius 1 is 0.907 bits per heavy atom. The Kier molecular flexibility index (Phi) is 17.2. The Balaban J connectivity index is 1.57. The van der Waals surface area contributed by atoms with Gasteiger partial charge in [-0.15, -0.1) is 0 Å². The standard InChI is InChI=1S/C33H48N6O4/c1-4-5-6-7-8-9-10-11-12-13-14-15-16-17-18-19-20-21-22-23-28(41)35-25(2)31(42)38-33-37-30-29(32(43)39-33)36-27(24-34-30)26(3)40/h5-6,8-9,11-12,14-15,17-18,20-21,25-27,29,36,40H,4,7,10,13,16,19,22-24H2,1-3H3,(H,35,41)(H2,34,37,38,39,42,43)/b6-5-,9-8-,12-11-,15-14-,18-17-,21-20-. The summed E-state index contributed by atoms with van der Waals surface area (Å²) in [4.78, 5) is 45.7. The number of carbonyl (C=O) groups is 3. The molecule has 234 valence electrons. The highest BCUT2D eigenvalue weighted by Gasteiger charge is 2.36. The molecule has 10 heteroatoms. The Morgan fingerprint density at radius 2 is 1.44 bits per heavy atom. The highest BCUT2D eigenvalue weighted by atomic mass is 16.3. The number of nitrogens with zero attached hydrogens (tertiary/aromatic N) is 2. The van der Waals surface area contributed by atoms with Crippen molar-refractivity contribution in [3.8, 4) is 0 Å². The van der Waals surface area contributed by atoms with E-state index < -0.39 is 30.0 Å². The molecular weight excluding hydrogens is 544 g/mol. The molecule has 2 rings (SSSR count). The zero-order valence-electron chi connectivity index (χ0n) is 25.7. The summed E-state index contributed by atoms with van der Waals surface area (Å²) in [5.41, 5.74) is 0. The number of aliphatic hydroxyl groups excluding tert-OH is 1. The minimum atomic E-state index is -0.818. The third-order valence-corrected chi connectivity index (χ3v) is 6.55. The number of rotatable bonds is 17. The number of hydrogen-bond donors (Lipinski definition) is 5. The van der Waals surface area contributed by atoms with Crippen molar-refractivity contribution in [1.82, 2.24) is 21.3 Å². The largest absolute Gasteiger partial charge is 0.392 e. The number of guanidine groups is 1. The first-order chi connectivity index (χ1) is 20.8. The number of amidine groups is 1. The zero-order chi connectivity index (χ0) is 31.3. The molecule has 0 saturated heterocycles. The van der Waals surface area contributed by atoms with Crippen molar-refractivity contribution < 1.29 is 19.5 Å². The summed E-state index contributed by atoms with van der Waals surface area (Å²) in [6.45, 7) is 5.59. The average molecular weight is 593 g/mol. The molecule has 2 aliphatic rings. The third kappa shape index (κ3) is 14.7. The second kappa shape index (κ2) is 20.9. The lowest BCUT2D eigenvalue weighted by atomic mass is 10.1.